The fourth-order valence-electron chi connectivity index (χ4n) is 2.22. The molecular formula is C13H26N2O. The second-order valence-corrected chi connectivity index (χ2v) is 4.56. The molecule has 0 aliphatic carbocycles. The minimum atomic E-state index is 0.350. The maximum absolute atomic E-state index is 5.86. The van der Waals surface area contributed by atoms with E-state index in [2.05, 4.69) is 30.8 Å². The lowest BCUT2D eigenvalue weighted by molar-refractivity contribution is -0.0398. The first-order chi connectivity index (χ1) is 7.77. The molecule has 2 atom stereocenters. The standard InChI is InChI=1S/C13H26N2O/c1-4-6-7-8-12(14-5-2)13-11-15(3)9-10-16-13/h4,12-14H,1,5-11H2,2-3H3. The van der Waals surface area contributed by atoms with Gasteiger partial charge in [0.15, 0.2) is 0 Å². The van der Waals surface area contributed by atoms with Crippen molar-refractivity contribution in [3.05, 3.63) is 12.7 Å². The molecule has 0 aromatic heterocycles. The van der Waals surface area contributed by atoms with Gasteiger partial charge < -0.3 is 15.0 Å². The Morgan fingerprint density at radius 2 is 2.44 bits per heavy atom. The highest BCUT2D eigenvalue weighted by Gasteiger charge is 2.25. The van der Waals surface area contributed by atoms with E-state index in [1.54, 1.807) is 0 Å². The number of unbranched alkanes of at least 4 members (excludes halogenated alkanes) is 1. The molecule has 0 aromatic rings. The van der Waals surface area contributed by atoms with E-state index in [4.69, 9.17) is 4.74 Å². The fraction of sp³-hybridized carbons (Fsp3) is 0.846. The Morgan fingerprint density at radius 3 is 3.06 bits per heavy atom. The molecule has 0 radical (unpaired) electrons. The van der Waals surface area contributed by atoms with Crippen molar-refractivity contribution < 1.29 is 4.74 Å². The van der Waals surface area contributed by atoms with Crippen LogP contribution in [0, 0.1) is 0 Å². The summed E-state index contributed by atoms with van der Waals surface area (Å²) in [5, 5.41) is 3.55. The third-order valence-corrected chi connectivity index (χ3v) is 3.14. The van der Waals surface area contributed by atoms with E-state index < -0.39 is 0 Å². The minimum absolute atomic E-state index is 0.350. The number of nitrogens with zero attached hydrogens (tertiary/aromatic N) is 1. The zero-order chi connectivity index (χ0) is 11.8. The highest BCUT2D eigenvalue weighted by molar-refractivity contribution is 4.82. The monoisotopic (exact) mass is 226 g/mol. The molecule has 3 heteroatoms. The summed E-state index contributed by atoms with van der Waals surface area (Å²) < 4.78 is 5.86. The summed E-state index contributed by atoms with van der Waals surface area (Å²) in [5.74, 6) is 0. The highest BCUT2D eigenvalue weighted by Crippen LogP contribution is 2.13. The summed E-state index contributed by atoms with van der Waals surface area (Å²) >= 11 is 0. The molecule has 1 saturated heterocycles. The van der Waals surface area contributed by atoms with Gasteiger partial charge in [-0.1, -0.05) is 13.0 Å². The molecule has 1 aliphatic heterocycles. The van der Waals surface area contributed by atoms with E-state index in [1.807, 2.05) is 6.08 Å². The van der Waals surface area contributed by atoms with Gasteiger partial charge in [0.2, 0.25) is 0 Å². The van der Waals surface area contributed by atoms with Crippen LogP contribution in [0.4, 0.5) is 0 Å². The number of hydrogen-bond acceptors (Lipinski definition) is 3. The summed E-state index contributed by atoms with van der Waals surface area (Å²) in [6.45, 7) is 9.91. The Kier molecular flexibility index (Phi) is 6.69. The van der Waals surface area contributed by atoms with Crippen LogP contribution in [-0.4, -0.2) is 50.3 Å². The lowest BCUT2D eigenvalue weighted by atomic mass is 10.0. The smallest absolute Gasteiger partial charge is 0.0855 e. The number of rotatable bonds is 7. The minimum Gasteiger partial charge on any atom is -0.374 e. The molecule has 3 nitrogen and oxygen atoms in total. The van der Waals surface area contributed by atoms with Crippen LogP contribution >= 0.6 is 0 Å². The predicted molar refractivity (Wildman–Crippen MR) is 68.7 cm³/mol. The Bertz CT molecular complexity index is 196. The molecule has 1 rings (SSSR count). The number of likely N-dealkylation sites (N-methyl/N-ethyl adjacent to an activating group) is 2. The third-order valence-electron chi connectivity index (χ3n) is 3.14. The number of ether oxygens (including phenoxy) is 1. The van der Waals surface area contributed by atoms with Gasteiger partial charge in [-0.2, -0.15) is 0 Å². The molecular weight excluding hydrogens is 200 g/mol. The largest absolute Gasteiger partial charge is 0.374 e. The number of morpholine rings is 1. The van der Waals surface area contributed by atoms with Crippen LogP contribution in [0.5, 0.6) is 0 Å². The van der Waals surface area contributed by atoms with E-state index in [-0.39, 0.29) is 0 Å². The number of nitrogens with one attached hydrogen (secondary N) is 1. The average Bonchev–Trinajstić information content (AvgIpc) is 2.28. The number of allylic oxidation sites excluding steroid dienone is 1. The van der Waals surface area contributed by atoms with Crippen LogP contribution in [0.25, 0.3) is 0 Å². The van der Waals surface area contributed by atoms with Gasteiger partial charge in [0.25, 0.3) is 0 Å². The van der Waals surface area contributed by atoms with Gasteiger partial charge in [-0.15, -0.1) is 6.58 Å². The van der Waals surface area contributed by atoms with E-state index in [0.717, 1.165) is 32.7 Å². The van der Waals surface area contributed by atoms with Crippen molar-refractivity contribution in [3.63, 3.8) is 0 Å². The van der Waals surface area contributed by atoms with Gasteiger partial charge in [-0.25, -0.2) is 0 Å². The molecule has 2 unspecified atom stereocenters. The van der Waals surface area contributed by atoms with Crippen molar-refractivity contribution in [2.75, 3.05) is 33.3 Å². The highest BCUT2D eigenvalue weighted by atomic mass is 16.5. The van der Waals surface area contributed by atoms with Crippen LogP contribution in [-0.2, 0) is 4.74 Å². The molecule has 0 aromatic carbocycles. The van der Waals surface area contributed by atoms with E-state index >= 15 is 0 Å². The molecule has 1 aliphatic rings. The normalized spacial score (nSPS) is 24.2. The molecule has 1 N–H and O–H groups in total. The molecule has 1 heterocycles. The molecule has 16 heavy (non-hydrogen) atoms. The lowest BCUT2D eigenvalue weighted by Gasteiger charge is -2.35. The number of hydrogen-bond donors (Lipinski definition) is 1. The Morgan fingerprint density at radius 1 is 1.62 bits per heavy atom. The van der Waals surface area contributed by atoms with Crippen LogP contribution in [0.2, 0.25) is 0 Å². The zero-order valence-electron chi connectivity index (χ0n) is 10.7. The van der Waals surface area contributed by atoms with Crippen molar-refractivity contribution in [1.82, 2.24) is 10.2 Å². The van der Waals surface area contributed by atoms with Crippen molar-refractivity contribution in [1.29, 1.82) is 0 Å². The van der Waals surface area contributed by atoms with E-state index in [0.29, 0.717) is 12.1 Å². The second kappa shape index (κ2) is 7.82. The fourth-order valence-corrected chi connectivity index (χ4v) is 2.22. The summed E-state index contributed by atoms with van der Waals surface area (Å²) in [5.41, 5.74) is 0. The Hall–Kier alpha value is -0.380. The van der Waals surface area contributed by atoms with Gasteiger partial charge >= 0.3 is 0 Å². The van der Waals surface area contributed by atoms with Crippen LogP contribution in [0.15, 0.2) is 12.7 Å². The topological polar surface area (TPSA) is 24.5 Å². The molecule has 0 spiro atoms. The van der Waals surface area contributed by atoms with Crippen molar-refractivity contribution in [2.24, 2.45) is 0 Å². The molecule has 0 amide bonds. The molecule has 0 saturated carbocycles. The predicted octanol–water partition coefficient (Wildman–Crippen LogP) is 1.65. The van der Waals surface area contributed by atoms with Crippen LogP contribution in [0.1, 0.15) is 26.2 Å². The van der Waals surface area contributed by atoms with Crippen LogP contribution < -0.4 is 5.32 Å². The van der Waals surface area contributed by atoms with E-state index in [1.165, 1.54) is 12.8 Å². The molecule has 94 valence electrons. The molecule has 1 fully saturated rings. The Labute approximate surface area is 99.8 Å². The first kappa shape index (κ1) is 13.7. The van der Waals surface area contributed by atoms with Crippen LogP contribution in [0.3, 0.4) is 0 Å². The molecule has 0 bridgehead atoms. The lowest BCUT2D eigenvalue weighted by Crippen LogP contribution is -2.51. The van der Waals surface area contributed by atoms with Gasteiger partial charge in [-0.3, -0.25) is 0 Å². The van der Waals surface area contributed by atoms with Crippen molar-refractivity contribution in [3.8, 4) is 0 Å². The van der Waals surface area contributed by atoms with Crippen molar-refractivity contribution >= 4 is 0 Å². The maximum atomic E-state index is 5.86. The van der Waals surface area contributed by atoms with Gasteiger partial charge in [0.05, 0.1) is 12.7 Å². The third kappa shape index (κ3) is 4.64. The first-order valence-electron chi connectivity index (χ1n) is 6.42. The van der Waals surface area contributed by atoms with E-state index in [9.17, 15) is 0 Å². The van der Waals surface area contributed by atoms with Gasteiger partial charge in [0.1, 0.15) is 0 Å². The summed E-state index contributed by atoms with van der Waals surface area (Å²) in [7, 11) is 2.17. The summed E-state index contributed by atoms with van der Waals surface area (Å²) in [4.78, 5) is 2.35. The zero-order valence-corrected chi connectivity index (χ0v) is 10.7. The summed E-state index contributed by atoms with van der Waals surface area (Å²) in [6.07, 6.45) is 5.83. The van der Waals surface area contributed by atoms with Gasteiger partial charge in [-0.05, 0) is 32.9 Å². The van der Waals surface area contributed by atoms with Crippen molar-refractivity contribution in [2.45, 2.75) is 38.3 Å². The van der Waals surface area contributed by atoms with Gasteiger partial charge in [0, 0.05) is 19.1 Å². The average molecular weight is 226 g/mol. The Balaban J connectivity index is 2.37. The quantitative estimate of drug-likeness (QED) is 0.528. The second-order valence-electron chi connectivity index (χ2n) is 4.56. The maximum Gasteiger partial charge on any atom is 0.0855 e. The first-order valence-corrected chi connectivity index (χ1v) is 6.42. The SMILES string of the molecule is C=CCCCC(NCC)C1CN(C)CCO1. The summed E-state index contributed by atoms with van der Waals surface area (Å²) in [6, 6.07) is 0.493.